The molecule has 0 aliphatic carbocycles. The number of piperazine rings is 1. The predicted molar refractivity (Wildman–Crippen MR) is 86.2 cm³/mol. The summed E-state index contributed by atoms with van der Waals surface area (Å²) in [7, 11) is 2.24. The highest BCUT2D eigenvalue weighted by Crippen LogP contribution is 2.20. The summed E-state index contributed by atoms with van der Waals surface area (Å²) < 4.78 is 1.05. The van der Waals surface area contributed by atoms with Crippen LogP contribution in [0.25, 0.3) is 0 Å². The number of likely N-dealkylation sites (tertiary alicyclic amines) is 1. The molecule has 2 fully saturated rings. The smallest absolute Gasteiger partial charge is 0.128 e. The van der Waals surface area contributed by atoms with E-state index in [4.69, 9.17) is 0 Å². The van der Waals surface area contributed by atoms with E-state index in [2.05, 4.69) is 54.8 Å². The number of pyridine rings is 1. The molecule has 2 aliphatic heterocycles. The summed E-state index contributed by atoms with van der Waals surface area (Å²) in [5.41, 5.74) is 0. The largest absolute Gasteiger partial charge is 0.354 e. The number of rotatable bonds is 2. The molecule has 4 nitrogen and oxygen atoms in total. The average molecular weight is 339 g/mol. The monoisotopic (exact) mass is 338 g/mol. The number of aromatic nitrogens is 1. The topological polar surface area (TPSA) is 22.6 Å². The summed E-state index contributed by atoms with van der Waals surface area (Å²) in [5.74, 6) is 1.11. The Morgan fingerprint density at radius 1 is 1.15 bits per heavy atom. The molecule has 20 heavy (non-hydrogen) atoms. The van der Waals surface area contributed by atoms with Crippen molar-refractivity contribution in [1.82, 2.24) is 14.8 Å². The van der Waals surface area contributed by atoms with Gasteiger partial charge in [-0.05, 0) is 54.5 Å². The molecule has 1 aromatic heterocycles. The van der Waals surface area contributed by atoms with E-state index in [1.165, 1.54) is 25.9 Å². The molecular weight excluding hydrogens is 316 g/mol. The van der Waals surface area contributed by atoms with Crippen LogP contribution in [-0.2, 0) is 0 Å². The molecule has 3 rings (SSSR count). The van der Waals surface area contributed by atoms with Crippen molar-refractivity contribution in [2.75, 3.05) is 51.2 Å². The molecular formula is C15H23BrN4. The standard InChI is InChI=1S/C15H23BrN4/c1-18-6-2-3-14(12-18)19-7-9-20(10-8-19)15-5-4-13(16)11-17-15/h4-5,11,14H,2-3,6-10,12H2,1H3. The van der Waals surface area contributed by atoms with Crippen molar-refractivity contribution in [3.8, 4) is 0 Å². The Morgan fingerprint density at radius 3 is 2.60 bits per heavy atom. The van der Waals surface area contributed by atoms with Crippen LogP contribution in [0.2, 0.25) is 0 Å². The Balaban J connectivity index is 1.55. The van der Waals surface area contributed by atoms with E-state index in [-0.39, 0.29) is 0 Å². The highest BCUT2D eigenvalue weighted by Gasteiger charge is 2.27. The van der Waals surface area contributed by atoms with Crippen molar-refractivity contribution in [3.63, 3.8) is 0 Å². The molecule has 5 heteroatoms. The van der Waals surface area contributed by atoms with Gasteiger partial charge in [-0.25, -0.2) is 4.98 Å². The van der Waals surface area contributed by atoms with Gasteiger partial charge in [0, 0.05) is 49.4 Å². The van der Waals surface area contributed by atoms with Crippen LogP contribution in [0, 0.1) is 0 Å². The molecule has 0 N–H and O–H groups in total. The number of likely N-dealkylation sites (N-methyl/N-ethyl adjacent to an activating group) is 1. The van der Waals surface area contributed by atoms with Gasteiger partial charge in [0.1, 0.15) is 5.82 Å². The fraction of sp³-hybridized carbons (Fsp3) is 0.667. The number of hydrogen-bond donors (Lipinski definition) is 0. The minimum absolute atomic E-state index is 0.758. The molecule has 1 atom stereocenters. The molecule has 0 saturated carbocycles. The minimum atomic E-state index is 0.758. The predicted octanol–water partition coefficient (Wildman–Crippen LogP) is 2.06. The van der Waals surface area contributed by atoms with E-state index in [0.717, 1.165) is 42.5 Å². The van der Waals surface area contributed by atoms with E-state index in [1.54, 1.807) is 0 Å². The first-order chi connectivity index (χ1) is 9.72. The number of anilines is 1. The Hall–Kier alpha value is -0.650. The summed E-state index contributed by atoms with van der Waals surface area (Å²) in [5, 5.41) is 0. The Morgan fingerprint density at radius 2 is 1.95 bits per heavy atom. The van der Waals surface area contributed by atoms with Gasteiger partial charge in [-0.3, -0.25) is 4.90 Å². The Bertz CT molecular complexity index is 428. The molecule has 0 bridgehead atoms. The lowest BCUT2D eigenvalue weighted by molar-refractivity contribution is 0.106. The second kappa shape index (κ2) is 6.41. The third-order valence-corrected chi connectivity index (χ3v) is 4.94. The molecule has 0 aromatic carbocycles. The van der Waals surface area contributed by atoms with Gasteiger partial charge in [0.15, 0.2) is 0 Å². The van der Waals surface area contributed by atoms with Crippen molar-refractivity contribution >= 4 is 21.7 Å². The van der Waals surface area contributed by atoms with E-state index >= 15 is 0 Å². The number of piperidine rings is 1. The SMILES string of the molecule is CN1CCCC(N2CCN(c3ccc(Br)cn3)CC2)C1. The maximum Gasteiger partial charge on any atom is 0.128 e. The fourth-order valence-corrected chi connectivity index (χ4v) is 3.54. The van der Waals surface area contributed by atoms with Crippen LogP contribution in [-0.4, -0.2) is 67.1 Å². The van der Waals surface area contributed by atoms with Crippen LogP contribution in [0.4, 0.5) is 5.82 Å². The van der Waals surface area contributed by atoms with E-state index in [9.17, 15) is 0 Å². The summed E-state index contributed by atoms with van der Waals surface area (Å²) in [4.78, 5) is 12.0. The molecule has 2 aliphatic rings. The van der Waals surface area contributed by atoms with Gasteiger partial charge in [-0.15, -0.1) is 0 Å². The van der Waals surface area contributed by atoms with Crippen LogP contribution in [0.5, 0.6) is 0 Å². The maximum absolute atomic E-state index is 4.50. The van der Waals surface area contributed by atoms with Crippen molar-refractivity contribution < 1.29 is 0 Å². The zero-order chi connectivity index (χ0) is 13.9. The zero-order valence-electron chi connectivity index (χ0n) is 12.1. The lowest BCUT2D eigenvalue weighted by atomic mass is 10.0. The Kier molecular flexibility index (Phi) is 4.58. The summed E-state index contributed by atoms with van der Waals surface area (Å²) >= 11 is 3.44. The van der Waals surface area contributed by atoms with E-state index in [1.807, 2.05) is 6.20 Å². The summed E-state index contributed by atoms with van der Waals surface area (Å²) in [6.45, 7) is 7.01. The van der Waals surface area contributed by atoms with Crippen LogP contribution in [0.3, 0.4) is 0 Å². The first-order valence-electron chi connectivity index (χ1n) is 7.51. The Labute approximate surface area is 129 Å². The van der Waals surface area contributed by atoms with Crippen molar-refractivity contribution in [3.05, 3.63) is 22.8 Å². The number of nitrogens with zero attached hydrogens (tertiary/aromatic N) is 4. The van der Waals surface area contributed by atoms with Gasteiger partial charge >= 0.3 is 0 Å². The van der Waals surface area contributed by atoms with E-state index in [0.29, 0.717) is 0 Å². The summed E-state index contributed by atoms with van der Waals surface area (Å²) in [6.07, 6.45) is 4.59. The van der Waals surface area contributed by atoms with Gasteiger partial charge in [0.05, 0.1) is 0 Å². The maximum atomic E-state index is 4.50. The first kappa shape index (κ1) is 14.3. The second-order valence-electron chi connectivity index (χ2n) is 5.92. The van der Waals surface area contributed by atoms with Gasteiger partial charge in [-0.1, -0.05) is 0 Å². The first-order valence-corrected chi connectivity index (χ1v) is 8.31. The van der Waals surface area contributed by atoms with Crippen LogP contribution in [0.1, 0.15) is 12.8 Å². The van der Waals surface area contributed by atoms with E-state index < -0.39 is 0 Å². The van der Waals surface area contributed by atoms with Crippen LogP contribution in [0.15, 0.2) is 22.8 Å². The molecule has 0 radical (unpaired) electrons. The number of halogens is 1. The highest BCUT2D eigenvalue weighted by molar-refractivity contribution is 9.10. The van der Waals surface area contributed by atoms with Crippen LogP contribution < -0.4 is 4.90 Å². The third-order valence-electron chi connectivity index (χ3n) is 4.47. The van der Waals surface area contributed by atoms with Crippen molar-refractivity contribution in [2.24, 2.45) is 0 Å². The normalized spacial score (nSPS) is 25.9. The van der Waals surface area contributed by atoms with Gasteiger partial charge in [0.2, 0.25) is 0 Å². The van der Waals surface area contributed by atoms with Crippen LogP contribution >= 0.6 is 15.9 Å². The molecule has 1 unspecified atom stereocenters. The van der Waals surface area contributed by atoms with Gasteiger partial charge in [0.25, 0.3) is 0 Å². The molecule has 1 aromatic rings. The molecule has 0 spiro atoms. The zero-order valence-corrected chi connectivity index (χ0v) is 13.7. The third kappa shape index (κ3) is 3.32. The molecule has 0 amide bonds. The van der Waals surface area contributed by atoms with Gasteiger partial charge < -0.3 is 9.80 Å². The van der Waals surface area contributed by atoms with Gasteiger partial charge in [-0.2, -0.15) is 0 Å². The quantitative estimate of drug-likeness (QED) is 0.823. The summed E-state index contributed by atoms with van der Waals surface area (Å²) in [6, 6.07) is 4.94. The highest BCUT2D eigenvalue weighted by atomic mass is 79.9. The molecule has 3 heterocycles. The lowest BCUT2D eigenvalue weighted by Gasteiger charge is -2.43. The fourth-order valence-electron chi connectivity index (χ4n) is 3.31. The average Bonchev–Trinajstić information content (AvgIpc) is 2.48. The minimum Gasteiger partial charge on any atom is -0.354 e. The lowest BCUT2D eigenvalue weighted by Crippen LogP contribution is -2.54. The molecule has 2 saturated heterocycles. The molecule has 110 valence electrons. The second-order valence-corrected chi connectivity index (χ2v) is 6.83. The number of hydrogen-bond acceptors (Lipinski definition) is 4. The van der Waals surface area contributed by atoms with Crippen molar-refractivity contribution in [1.29, 1.82) is 0 Å². The van der Waals surface area contributed by atoms with Crippen molar-refractivity contribution in [2.45, 2.75) is 18.9 Å².